The molecule has 1 rings (SSSR count). The molecule has 0 saturated carbocycles. The van der Waals surface area contributed by atoms with E-state index in [2.05, 4.69) is 5.32 Å². The van der Waals surface area contributed by atoms with Crippen molar-refractivity contribution in [2.75, 3.05) is 5.32 Å². The monoisotopic (exact) mass is 269 g/mol. The Bertz CT molecular complexity index is 526. The highest BCUT2D eigenvalue weighted by Crippen LogP contribution is 2.29. The van der Waals surface area contributed by atoms with Gasteiger partial charge in [0, 0.05) is 5.69 Å². The van der Waals surface area contributed by atoms with Gasteiger partial charge in [0.15, 0.2) is 11.7 Å². The van der Waals surface area contributed by atoms with E-state index in [0.29, 0.717) is 0 Å². The summed E-state index contributed by atoms with van der Waals surface area (Å²) in [5.74, 6) is -0.481. The van der Waals surface area contributed by atoms with Crippen molar-refractivity contribution in [1.29, 1.82) is 0 Å². The number of ketones is 1. The van der Waals surface area contributed by atoms with E-state index in [1.54, 1.807) is 0 Å². The lowest BCUT2D eigenvalue weighted by atomic mass is 10.1. The Labute approximate surface area is 107 Å². The van der Waals surface area contributed by atoms with Crippen LogP contribution >= 0.6 is 0 Å². The summed E-state index contributed by atoms with van der Waals surface area (Å²) in [6.07, 6.45) is 0.588. The van der Waals surface area contributed by atoms with Crippen LogP contribution in [0.15, 0.2) is 24.3 Å². The maximum atomic E-state index is 12.3. The Kier molecular flexibility index (Phi) is 4.33. The average Bonchev–Trinajstić information content (AvgIpc) is 2.28. The van der Waals surface area contributed by atoms with Crippen LogP contribution in [0.2, 0.25) is 0 Å². The minimum Gasteiger partial charge on any atom is -0.325 e. The van der Waals surface area contributed by atoms with Crippen molar-refractivity contribution in [3.63, 3.8) is 0 Å². The highest BCUT2D eigenvalue weighted by molar-refractivity contribution is 6.08. The van der Waals surface area contributed by atoms with Gasteiger partial charge in [-0.3, -0.25) is 9.59 Å². The molecular weight excluding hydrogens is 259 g/mol. The topological polar surface area (TPSA) is 46.2 Å². The number of Topliss-reactive ketones (excluding diaryl/α,β-unsaturated/α-hetero) is 1. The number of hydrogen-bond acceptors (Lipinski definition) is 2. The number of terminal acetylenes is 1. The smallest absolute Gasteiger partial charge is 0.325 e. The summed E-state index contributed by atoms with van der Waals surface area (Å²) in [5.41, 5.74) is -0.690. The van der Waals surface area contributed by atoms with E-state index in [1.165, 1.54) is 0 Å². The Balaban J connectivity index is 2.82. The van der Waals surface area contributed by atoms with Gasteiger partial charge in [-0.1, -0.05) is 5.92 Å². The molecular formula is C13H10F3NO2. The molecule has 1 amide bonds. The highest BCUT2D eigenvalue weighted by atomic mass is 19.4. The zero-order valence-corrected chi connectivity index (χ0v) is 9.91. The lowest BCUT2D eigenvalue weighted by Crippen LogP contribution is -2.26. The molecule has 19 heavy (non-hydrogen) atoms. The second-order valence-corrected chi connectivity index (χ2v) is 3.77. The molecule has 100 valence electrons. The fraction of sp³-hybridized carbons (Fsp3) is 0.231. The fourth-order valence-electron chi connectivity index (χ4n) is 1.33. The first-order valence-electron chi connectivity index (χ1n) is 5.20. The lowest BCUT2D eigenvalue weighted by Gasteiger charge is -2.10. The predicted octanol–water partition coefficient (Wildman–Crippen LogP) is 2.48. The number of nitrogens with one attached hydrogen (secondary N) is 1. The van der Waals surface area contributed by atoms with Crippen molar-refractivity contribution >= 4 is 17.4 Å². The van der Waals surface area contributed by atoms with E-state index in [-0.39, 0.29) is 5.69 Å². The number of hydrogen-bond donors (Lipinski definition) is 1. The standard InChI is InChI=1S/C13H10F3NO2/c1-3-11(8(2)18)12(19)17-10-6-4-9(5-7-10)13(14,15)16/h1,4-7,11H,2H3,(H,17,19). The van der Waals surface area contributed by atoms with Gasteiger partial charge in [-0.15, -0.1) is 6.42 Å². The number of carbonyl (C=O) groups excluding carboxylic acids is 2. The summed E-state index contributed by atoms with van der Waals surface area (Å²) in [7, 11) is 0. The SMILES string of the molecule is C#CC(C(C)=O)C(=O)Nc1ccc(C(F)(F)F)cc1. The van der Waals surface area contributed by atoms with Crippen LogP contribution in [0.5, 0.6) is 0 Å². The van der Waals surface area contributed by atoms with Gasteiger partial charge in [0.05, 0.1) is 5.56 Å². The molecule has 0 aliphatic carbocycles. The van der Waals surface area contributed by atoms with Gasteiger partial charge in [-0.25, -0.2) is 0 Å². The minimum atomic E-state index is -4.44. The van der Waals surface area contributed by atoms with Gasteiger partial charge < -0.3 is 5.32 Å². The summed E-state index contributed by atoms with van der Waals surface area (Å²) in [6, 6.07) is 3.84. The fourth-order valence-corrected chi connectivity index (χ4v) is 1.33. The van der Waals surface area contributed by atoms with Crippen LogP contribution in [-0.2, 0) is 15.8 Å². The molecule has 1 unspecified atom stereocenters. The minimum absolute atomic E-state index is 0.138. The summed E-state index contributed by atoms with van der Waals surface area (Å²) in [5, 5.41) is 2.28. The molecule has 1 aromatic rings. The van der Waals surface area contributed by atoms with Crippen molar-refractivity contribution in [1.82, 2.24) is 0 Å². The van der Waals surface area contributed by atoms with E-state index < -0.39 is 29.3 Å². The third-order valence-electron chi connectivity index (χ3n) is 2.32. The summed E-state index contributed by atoms with van der Waals surface area (Å²) in [4.78, 5) is 22.6. The van der Waals surface area contributed by atoms with Crippen LogP contribution < -0.4 is 5.32 Å². The van der Waals surface area contributed by atoms with Crippen LogP contribution in [0.3, 0.4) is 0 Å². The van der Waals surface area contributed by atoms with E-state index in [4.69, 9.17) is 6.42 Å². The van der Waals surface area contributed by atoms with Crippen LogP contribution in [0.4, 0.5) is 18.9 Å². The molecule has 0 bridgehead atoms. The number of carbonyl (C=O) groups is 2. The second kappa shape index (κ2) is 5.57. The van der Waals surface area contributed by atoms with E-state index in [0.717, 1.165) is 31.2 Å². The third-order valence-corrected chi connectivity index (χ3v) is 2.32. The summed E-state index contributed by atoms with van der Waals surface area (Å²) in [6.45, 7) is 1.16. The number of rotatable bonds is 3. The number of amides is 1. The number of benzene rings is 1. The van der Waals surface area contributed by atoms with Crippen LogP contribution in [0.25, 0.3) is 0 Å². The van der Waals surface area contributed by atoms with Gasteiger partial charge in [0.25, 0.3) is 0 Å². The molecule has 0 heterocycles. The first kappa shape index (κ1) is 14.8. The number of anilines is 1. The zero-order valence-electron chi connectivity index (χ0n) is 9.91. The predicted molar refractivity (Wildman–Crippen MR) is 63.1 cm³/mol. The van der Waals surface area contributed by atoms with Gasteiger partial charge in [0.2, 0.25) is 5.91 Å². The molecule has 0 saturated heterocycles. The Morgan fingerprint density at radius 2 is 1.79 bits per heavy atom. The van der Waals surface area contributed by atoms with Crippen molar-refractivity contribution in [3.8, 4) is 12.3 Å². The molecule has 0 aliphatic heterocycles. The first-order valence-corrected chi connectivity index (χ1v) is 5.20. The maximum Gasteiger partial charge on any atom is 0.416 e. The van der Waals surface area contributed by atoms with E-state index in [1.807, 2.05) is 5.92 Å². The zero-order chi connectivity index (χ0) is 14.6. The van der Waals surface area contributed by atoms with Crippen molar-refractivity contribution < 1.29 is 22.8 Å². The van der Waals surface area contributed by atoms with Crippen LogP contribution in [0, 0.1) is 18.3 Å². The highest BCUT2D eigenvalue weighted by Gasteiger charge is 2.30. The molecule has 0 spiro atoms. The normalized spacial score (nSPS) is 12.4. The first-order chi connectivity index (χ1) is 8.75. The number of alkyl halides is 3. The van der Waals surface area contributed by atoms with Crippen molar-refractivity contribution in [2.45, 2.75) is 13.1 Å². The number of halogens is 3. The van der Waals surface area contributed by atoms with Crippen molar-refractivity contribution in [2.24, 2.45) is 5.92 Å². The lowest BCUT2D eigenvalue weighted by molar-refractivity contribution is -0.137. The van der Waals surface area contributed by atoms with E-state index in [9.17, 15) is 22.8 Å². The van der Waals surface area contributed by atoms with Crippen LogP contribution in [-0.4, -0.2) is 11.7 Å². The average molecular weight is 269 g/mol. The van der Waals surface area contributed by atoms with Gasteiger partial charge in [0.1, 0.15) is 0 Å². The molecule has 0 radical (unpaired) electrons. The quantitative estimate of drug-likeness (QED) is 0.677. The van der Waals surface area contributed by atoms with E-state index >= 15 is 0 Å². The largest absolute Gasteiger partial charge is 0.416 e. The van der Waals surface area contributed by atoms with Gasteiger partial charge in [-0.05, 0) is 31.2 Å². The van der Waals surface area contributed by atoms with Crippen molar-refractivity contribution in [3.05, 3.63) is 29.8 Å². The Morgan fingerprint density at radius 3 is 2.16 bits per heavy atom. The maximum absolute atomic E-state index is 12.3. The van der Waals surface area contributed by atoms with Gasteiger partial charge >= 0.3 is 6.18 Å². The molecule has 0 fully saturated rings. The molecule has 0 aliphatic rings. The molecule has 1 aromatic carbocycles. The second-order valence-electron chi connectivity index (χ2n) is 3.77. The summed E-state index contributed by atoms with van der Waals surface area (Å²) < 4.78 is 36.9. The molecule has 1 N–H and O–H groups in total. The molecule has 0 aromatic heterocycles. The molecule has 3 nitrogen and oxygen atoms in total. The Hall–Kier alpha value is -2.29. The van der Waals surface area contributed by atoms with Gasteiger partial charge in [-0.2, -0.15) is 13.2 Å². The van der Waals surface area contributed by atoms with Crippen LogP contribution in [0.1, 0.15) is 12.5 Å². The Morgan fingerprint density at radius 1 is 1.26 bits per heavy atom. The molecule has 6 heteroatoms. The summed E-state index contributed by atoms with van der Waals surface area (Å²) >= 11 is 0. The third kappa shape index (κ3) is 3.85. The molecule has 1 atom stereocenters.